The summed E-state index contributed by atoms with van der Waals surface area (Å²) in [6.45, 7) is 0. The van der Waals surface area contributed by atoms with E-state index in [0.717, 1.165) is 5.56 Å². The molecule has 1 unspecified atom stereocenters. The maximum absolute atomic E-state index is 5.75. The quantitative estimate of drug-likeness (QED) is 0.775. The average molecular weight is 214 g/mol. The lowest BCUT2D eigenvalue weighted by Crippen LogP contribution is -2.09. The molecule has 2 rings (SSSR count). The van der Waals surface area contributed by atoms with Gasteiger partial charge in [-0.2, -0.15) is 4.98 Å². The highest BCUT2D eigenvalue weighted by atomic mass is 16.5. The van der Waals surface area contributed by atoms with Crippen LogP contribution in [-0.4, -0.2) is 15.1 Å². The number of terminal acetylenes is 1. The van der Waals surface area contributed by atoms with Crippen LogP contribution in [0.5, 0.6) is 0 Å². The van der Waals surface area contributed by atoms with E-state index in [1.807, 2.05) is 0 Å². The van der Waals surface area contributed by atoms with Crippen molar-refractivity contribution >= 4 is 0 Å². The molecule has 5 nitrogen and oxygen atoms in total. The molecule has 2 heterocycles. The van der Waals surface area contributed by atoms with Crippen molar-refractivity contribution in [2.24, 2.45) is 5.73 Å². The summed E-state index contributed by atoms with van der Waals surface area (Å²) in [4.78, 5) is 8.08. The summed E-state index contributed by atoms with van der Waals surface area (Å²) in [6, 6.07) is 3.18. The Morgan fingerprint density at radius 1 is 1.44 bits per heavy atom. The second-order valence-corrected chi connectivity index (χ2v) is 3.21. The number of hydrogen-bond donors (Lipinski definition) is 1. The zero-order chi connectivity index (χ0) is 11.4. The molecule has 80 valence electrons. The topological polar surface area (TPSA) is 77.8 Å². The first kappa shape index (κ1) is 10.3. The Morgan fingerprint density at radius 2 is 2.19 bits per heavy atom. The van der Waals surface area contributed by atoms with Gasteiger partial charge in [-0.15, -0.1) is 12.3 Å². The lowest BCUT2D eigenvalue weighted by molar-refractivity contribution is 0.357. The highest BCUT2D eigenvalue weighted by Crippen LogP contribution is 2.17. The van der Waals surface area contributed by atoms with Gasteiger partial charge in [0, 0.05) is 24.4 Å². The average Bonchev–Trinajstić information content (AvgIpc) is 2.80. The minimum Gasteiger partial charge on any atom is -0.337 e. The van der Waals surface area contributed by atoms with Gasteiger partial charge in [-0.3, -0.25) is 4.98 Å². The number of pyridine rings is 1. The Labute approximate surface area is 92.7 Å². The van der Waals surface area contributed by atoms with E-state index in [-0.39, 0.29) is 0 Å². The van der Waals surface area contributed by atoms with Crippen LogP contribution in [0.25, 0.3) is 11.4 Å². The van der Waals surface area contributed by atoms with Gasteiger partial charge in [-0.1, -0.05) is 5.16 Å². The van der Waals surface area contributed by atoms with Crippen LogP contribution in [0, 0.1) is 12.3 Å². The fourth-order valence-corrected chi connectivity index (χ4v) is 1.22. The predicted molar refractivity (Wildman–Crippen MR) is 57.9 cm³/mol. The molecule has 0 spiro atoms. The van der Waals surface area contributed by atoms with Crippen molar-refractivity contribution in [3.05, 3.63) is 30.4 Å². The maximum Gasteiger partial charge on any atom is 0.244 e. The smallest absolute Gasteiger partial charge is 0.244 e. The zero-order valence-electron chi connectivity index (χ0n) is 8.50. The second kappa shape index (κ2) is 4.55. The lowest BCUT2D eigenvalue weighted by Gasteiger charge is -1.98. The largest absolute Gasteiger partial charge is 0.337 e. The molecule has 0 aliphatic rings. The molecule has 0 aliphatic carbocycles. The molecule has 16 heavy (non-hydrogen) atoms. The Hall–Kier alpha value is -2.19. The lowest BCUT2D eigenvalue weighted by atomic mass is 10.2. The van der Waals surface area contributed by atoms with Crippen LogP contribution in [0.15, 0.2) is 29.0 Å². The zero-order valence-corrected chi connectivity index (χ0v) is 8.50. The molecule has 2 N–H and O–H groups in total. The van der Waals surface area contributed by atoms with Crippen molar-refractivity contribution in [1.29, 1.82) is 0 Å². The SMILES string of the molecule is C#CCC(N)c1nc(-c2ccncc2)no1. The van der Waals surface area contributed by atoms with Gasteiger partial charge in [0.2, 0.25) is 11.7 Å². The highest BCUT2D eigenvalue weighted by Gasteiger charge is 2.14. The van der Waals surface area contributed by atoms with E-state index < -0.39 is 6.04 Å². The van der Waals surface area contributed by atoms with Crippen LogP contribution in [-0.2, 0) is 0 Å². The minimum atomic E-state index is -0.409. The van der Waals surface area contributed by atoms with Crippen LogP contribution in [0.4, 0.5) is 0 Å². The Balaban J connectivity index is 2.24. The monoisotopic (exact) mass is 214 g/mol. The van der Waals surface area contributed by atoms with Crippen LogP contribution in [0.1, 0.15) is 18.4 Å². The Morgan fingerprint density at radius 3 is 2.88 bits per heavy atom. The fraction of sp³-hybridized carbons (Fsp3) is 0.182. The van der Waals surface area contributed by atoms with Crippen molar-refractivity contribution in [2.75, 3.05) is 0 Å². The molecule has 0 saturated heterocycles. The summed E-state index contributed by atoms with van der Waals surface area (Å²) >= 11 is 0. The third kappa shape index (κ3) is 2.07. The van der Waals surface area contributed by atoms with E-state index in [1.54, 1.807) is 24.5 Å². The minimum absolute atomic E-state index is 0.352. The standard InChI is InChI=1S/C11H10N4O/c1-2-3-9(12)11-14-10(15-16-11)8-4-6-13-7-5-8/h1,4-7,9H,3,12H2. The summed E-state index contributed by atoms with van der Waals surface area (Å²) in [7, 11) is 0. The third-order valence-corrected chi connectivity index (χ3v) is 2.04. The van der Waals surface area contributed by atoms with Crippen LogP contribution >= 0.6 is 0 Å². The third-order valence-electron chi connectivity index (χ3n) is 2.04. The van der Waals surface area contributed by atoms with Gasteiger partial charge in [-0.05, 0) is 12.1 Å². The van der Waals surface area contributed by atoms with Gasteiger partial charge in [-0.25, -0.2) is 0 Å². The normalized spacial score (nSPS) is 12.0. The number of nitrogens with two attached hydrogens (primary N) is 1. The van der Waals surface area contributed by atoms with Crippen LogP contribution < -0.4 is 5.73 Å². The number of nitrogens with zero attached hydrogens (tertiary/aromatic N) is 3. The molecule has 0 bridgehead atoms. The highest BCUT2D eigenvalue weighted by molar-refractivity contribution is 5.52. The van der Waals surface area contributed by atoms with Crippen molar-refractivity contribution in [3.63, 3.8) is 0 Å². The van der Waals surface area contributed by atoms with Crippen LogP contribution in [0.3, 0.4) is 0 Å². The summed E-state index contributed by atoms with van der Waals surface area (Å²) < 4.78 is 5.03. The van der Waals surface area contributed by atoms with Gasteiger partial charge in [0.05, 0.1) is 6.04 Å². The molecule has 0 aliphatic heterocycles. The first-order chi connectivity index (χ1) is 7.81. The molecule has 0 aromatic carbocycles. The summed E-state index contributed by atoms with van der Waals surface area (Å²) in [6.07, 6.45) is 8.85. The molecule has 0 amide bonds. The maximum atomic E-state index is 5.75. The molecule has 5 heteroatoms. The molecule has 1 atom stereocenters. The van der Waals surface area contributed by atoms with E-state index in [2.05, 4.69) is 21.0 Å². The fourth-order valence-electron chi connectivity index (χ4n) is 1.22. The Kier molecular flexibility index (Phi) is 2.94. The van der Waals surface area contributed by atoms with E-state index in [0.29, 0.717) is 18.1 Å². The van der Waals surface area contributed by atoms with E-state index in [1.165, 1.54) is 0 Å². The van der Waals surface area contributed by atoms with Gasteiger partial charge < -0.3 is 10.3 Å². The summed E-state index contributed by atoms with van der Waals surface area (Å²) in [5.41, 5.74) is 6.58. The van der Waals surface area contributed by atoms with Crippen LogP contribution in [0.2, 0.25) is 0 Å². The van der Waals surface area contributed by atoms with Gasteiger partial charge in [0.25, 0.3) is 0 Å². The van der Waals surface area contributed by atoms with E-state index >= 15 is 0 Å². The molecule has 0 fully saturated rings. The van der Waals surface area contributed by atoms with Gasteiger partial charge >= 0.3 is 0 Å². The van der Waals surface area contributed by atoms with E-state index in [9.17, 15) is 0 Å². The van der Waals surface area contributed by atoms with Gasteiger partial charge in [0.1, 0.15) is 0 Å². The number of aromatic nitrogens is 3. The molecular formula is C11H10N4O. The Bertz CT molecular complexity index is 500. The summed E-state index contributed by atoms with van der Waals surface area (Å²) in [5, 5.41) is 3.83. The number of rotatable bonds is 3. The first-order valence-electron chi connectivity index (χ1n) is 4.74. The predicted octanol–water partition coefficient (Wildman–Crippen LogP) is 1.15. The van der Waals surface area contributed by atoms with Crippen molar-refractivity contribution in [3.8, 4) is 23.7 Å². The first-order valence-corrected chi connectivity index (χ1v) is 4.74. The second-order valence-electron chi connectivity index (χ2n) is 3.21. The number of hydrogen-bond acceptors (Lipinski definition) is 5. The molecule has 2 aromatic heterocycles. The molecular weight excluding hydrogens is 204 g/mol. The molecule has 0 saturated carbocycles. The van der Waals surface area contributed by atoms with E-state index in [4.69, 9.17) is 16.7 Å². The molecule has 0 radical (unpaired) electrons. The van der Waals surface area contributed by atoms with Crippen molar-refractivity contribution in [1.82, 2.24) is 15.1 Å². The van der Waals surface area contributed by atoms with Gasteiger partial charge in [0.15, 0.2) is 0 Å². The molecule has 2 aromatic rings. The van der Waals surface area contributed by atoms with Crippen molar-refractivity contribution in [2.45, 2.75) is 12.5 Å². The van der Waals surface area contributed by atoms with Crippen molar-refractivity contribution < 1.29 is 4.52 Å². The summed E-state index contributed by atoms with van der Waals surface area (Å²) in [5.74, 6) is 3.29.